The molecule has 30 heavy (non-hydrogen) atoms. The summed E-state index contributed by atoms with van der Waals surface area (Å²) in [6, 6.07) is 0.887. The quantitative estimate of drug-likeness (QED) is 0.383. The fourth-order valence-electron chi connectivity index (χ4n) is 8.53. The molecule has 2 heterocycles. The summed E-state index contributed by atoms with van der Waals surface area (Å²) in [6.07, 6.45) is 23.6. The van der Waals surface area contributed by atoms with Crippen LogP contribution >= 0.6 is 0 Å². The lowest BCUT2D eigenvalue weighted by molar-refractivity contribution is -0.0474. The summed E-state index contributed by atoms with van der Waals surface area (Å²) in [5.41, 5.74) is 1.68. The minimum atomic E-state index is 0.510. The molecule has 2 aliphatic heterocycles. The summed E-state index contributed by atoms with van der Waals surface area (Å²) in [7, 11) is 0. The Bertz CT molecular complexity index is 567. The van der Waals surface area contributed by atoms with Gasteiger partial charge < -0.3 is 0 Å². The highest BCUT2D eigenvalue weighted by atomic mass is 15.3. The summed E-state index contributed by atoms with van der Waals surface area (Å²) in [5.74, 6) is 2.95. The Balaban J connectivity index is 1.55. The number of rotatable bonds is 0. The fraction of sp³-hybridized carbons (Fsp3) is 1.00. The van der Waals surface area contributed by atoms with E-state index in [-0.39, 0.29) is 0 Å². The van der Waals surface area contributed by atoms with E-state index < -0.39 is 0 Å². The monoisotopic (exact) mass is 415 g/mol. The first kappa shape index (κ1) is 23.1. The van der Waals surface area contributed by atoms with Crippen LogP contribution < -0.4 is 0 Å². The van der Waals surface area contributed by atoms with Gasteiger partial charge in [0.1, 0.15) is 0 Å². The van der Waals surface area contributed by atoms with Crippen LogP contribution in [0.5, 0.6) is 0 Å². The maximum atomic E-state index is 3.12. The van der Waals surface area contributed by atoms with Crippen LogP contribution in [-0.4, -0.2) is 23.0 Å². The van der Waals surface area contributed by atoms with Gasteiger partial charge in [0.2, 0.25) is 0 Å². The summed E-state index contributed by atoms with van der Waals surface area (Å²) in [4.78, 5) is 3.12. The molecule has 174 valence electrons. The predicted molar refractivity (Wildman–Crippen MR) is 131 cm³/mol. The third-order valence-corrected chi connectivity index (χ3v) is 10.7. The zero-order valence-corrected chi connectivity index (χ0v) is 21.3. The molecule has 6 atom stereocenters. The first-order chi connectivity index (χ1) is 14.3. The van der Waals surface area contributed by atoms with E-state index in [1.54, 1.807) is 0 Å². The molecule has 0 spiro atoms. The van der Waals surface area contributed by atoms with E-state index in [2.05, 4.69) is 39.5 Å². The van der Waals surface area contributed by atoms with Crippen LogP contribution in [0.15, 0.2) is 0 Å². The fourth-order valence-corrected chi connectivity index (χ4v) is 8.53. The van der Waals surface area contributed by atoms with Crippen LogP contribution in [0.4, 0.5) is 0 Å². The van der Waals surface area contributed by atoms with Gasteiger partial charge in [0.15, 0.2) is 0 Å². The number of hydrogen-bond acceptors (Lipinski definition) is 1. The number of hydrogen-bond donors (Lipinski definition) is 0. The molecule has 0 amide bonds. The topological polar surface area (TPSA) is 3.24 Å². The van der Waals surface area contributed by atoms with E-state index in [9.17, 15) is 0 Å². The van der Waals surface area contributed by atoms with Crippen molar-refractivity contribution in [3.05, 3.63) is 0 Å². The first-order valence-corrected chi connectivity index (χ1v) is 14.0. The van der Waals surface area contributed by atoms with E-state index >= 15 is 0 Å². The highest BCUT2D eigenvalue weighted by Gasteiger charge is 2.72. The Labute approximate surface area is 189 Å². The zero-order chi connectivity index (χ0) is 21.4. The maximum Gasteiger partial charge on any atom is 0.0247 e. The van der Waals surface area contributed by atoms with E-state index in [1.165, 1.54) is 109 Å². The summed E-state index contributed by atoms with van der Waals surface area (Å²) >= 11 is 0. The second-order valence-corrected chi connectivity index (χ2v) is 13.4. The molecular weight excluding hydrogens is 362 g/mol. The summed E-state index contributed by atoms with van der Waals surface area (Å²) in [5, 5.41) is 0. The number of piperidine rings is 1. The molecular formula is C29H53N. The van der Waals surface area contributed by atoms with Crippen LogP contribution in [-0.2, 0) is 0 Å². The van der Waals surface area contributed by atoms with Gasteiger partial charge in [-0.3, -0.25) is 4.90 Å². The average molecular weight is 416 g/mol. The van der Waals surface area contributed by atoms with Gasteiger partial charge in [-0.25, -0.2) is 0 Å². The van der Waals surface area contributed by atoms with E-state index in [1.807, 2.05) is 0 Å². The van der Waals surface area contributed by atoms with Crippen molar-refractivity contribution in [3.63, 3.8) is 0 Å². The molecule has 0 bridgehead atoms. The lowest BCUT2D eigenvalue weighted by atomic mass is 9.65. The Morgan fingerprint density at radius 2 is 1.33 bits per heavy atom. The Hall–Kier alpha value is -0.0400. The highest BCUT2D eigenvalue weighted by molar-refractivity contribution is 5.25. The van der Waals surface area contributed by atoms with Gasteiger partial charge in [0.25, 0.3) is 0 Å². The molecule has 1 nitrogen and oxygen atoms in total. The zero-order valence-electron chi connectivity index (χ0n) is 21.3. The maximum absolute atomic E-state index is 3.12. The van der Waals surface area contributed by atoms with Gasteiger partial charge in [0.05, 0.1) is 0 Å². The van der Waals surface area contributed by atoms with Crippen molar-refractivity contribution >= 4 is 0 Å². The molecule has 4 fully saturated rings. The lowest BCUT2D eigenvalue weighted by Gasteiger charge is -2.53. The van der Waals surface area contributed by atoms with Gasteiger partial charge in [-0.05, 0) is 87.0 Å². The lowest BCUT2D eigenvalue weighted by Crippen LogP contribution is -2.58. The van der Waals surface area contributed by atoms with Crippen molar-refractivity contribution in [1.29, 1.82) is 0 Å². The summed E-state index contributed by atoms with van der Waals surface area (Å²) < 4.78 is 0. The molecule has 4 aliphatic rings. The van der Waals surface area contributed by atoms with Crippen LogP contribution in [0, 0.1) is 28.6 Å². The molecule has 0 aromatic rings. The molecule has 1 heteroatoms. The van der Waals surface area contributed by atoms with Crippen LogP contribution in [0.25, 0.3) is 0 Å². The molecule has 0 radical (unpaired) electrons. The Morgan fingerprint density at radius 1 is 0.667 bits per heavy atom. The third kappa shape index (κ3) is 4.53. The van der Waals surface area contributed by atoms with Gasteiger partial charge in [-0.15, -0.1) is 0 Å². The van der Waals surface area contributed by atoms with E-state index in [0.29, 0.717) is 16.4 Å². The molecule has 0 aromatic carbocycles. The normalized spacial score (nSPS) is 46.3. The van der Waals surface area contributed by atoms with Gasteiger partial charge in [0, 0.05) is 11.6 Å². The molecule has 0 aromatic heterocycles. The minimum Gasteiger partial charge on any atom is -0.294 e. The first-order valence-electron chi connectivity index (χ1n) is 14.0. The number of fused-ring (bicyclic) bond motifs is 6. The van der Waals surface area contributed by atoms with E-state index in [0.717, 1.165) is 23.8 Å². The largest absolute Gasteiger partial charge is 0.294 e. The van der Waals surface area contributed by atoms with Crippen molar-refractivity contribution in [2.45, 2.75) is 149 Å². The molecule has 2 aliphatic carbocycles. The molecule has 6 unspecified atom stereocenters. The smallest absolute Gasteiger partial charge is 0.0247 e. The van der Waals surface area contributed by atoms with Crippen molar-refractivity contribution < 1.29 is 0 Å². The number of nitrogens with zero attached hydrogens (tertiary/aromatic N) is 1. The van der Waals surface area contributed by atoms with Crippen molar-refractivity contribution in [3.8, 4) is 0 Å². The van der Waals surface area contributed by atoms with Crippen LogP contribution in [0.1, 0.15) is 137 Å². The van der Waals surface area contributed by atoms with Gasteiger partial charge in [-0.1, -0.05) is 85.5 Å². The second-order valence-electron chi connectivity index (χ2n) is 13.4. The van der Waals surface area contributed by atoms with Crippen molar-refractivity contribution in [2.75, 3.05) is 6.54 Å². The molecule has 2 saturated heterocycles. The predicted octanol–water partition coefficient (Wildman–Crippen LogP) is 8.61. The van der Waals surface area contributed by atoms with Gasteiger partial charge in [-0.2, -0.15) is 0 Å². The summed E-state index contributed by atoms with van der Waals surface area (Å²) in [6.45, 7) is 14.3. The Kier molecular flexibility index (Phi) is 6.99. The Morgan fingerprint density at radius 3 is 2.13 bits per heavy atom. The van der Waals surface area contributed by atoms with Crippen molar-refractivity contribution in [2.24, 2.45) is 28.6 Å². The standard InChI is InChI=1S/C29H53N/c1-23-14-8-9-17-25-24(16-13-15-23)26-18-7-6-10-19-27(2,3)20-11-12-21-30(26)29(5)22-28(25,29)4/h23-26H,6-22H2,1-5H3. The molecule has 2 saturated carbocycles. The average Bonchev–Trinajstić information content (AvgIpc) is 3.26. The van der Waals surface area contributed by atoms with Crippen LogP contribution in [0.2, 0.25) is 0 Å². The van der Waals surface area contributed by atoms with E-state index in [4.69, 9.17) is 0 Å². The minimum absolute atomic E-state index is 0.510. The second kappa shape index (κ2) is 9.07. The van der Waals surface area contributed by atoms with Crippen LogP contribution in [0.3, 0.4) is 0 Å². The third-order valence-electron chi connectivity index (χ3n) is 10.7. The van der Waals surface area contributed by atoms with Crippen molar-refractivity contribution in [1.82, 2.24) is 4.90 Å². The SMILES string of the molecule is CC1CCCCC2C(CCC1)C1CCCCCC(C)(C)CCCCN1C1(C)CC21C. The molecule has 0 N–H and O–H groups in total. The molecule has 4 rings (SSSR count). The van der Waals surface area contributed by atoms with Gasteiger partial charge >= 0.3 is 0 Å². The highest BCUT2D eigenvalue weighted by Crippen LogP contribution is 2.71.